The first kappa shape index (κ1) is 20.9. The summed E-state index contributed by atoms with van der Waals surface area (Å²) >= 11 is 3.61. The molecule has 1 heterocycles. The second-order valence-corrected chi connectivity index (χ2v) is 9.29. The summed E-state index contributed by atoms with van der Waals surface area (Å²) in [5.74, 6) is 1.39. The summed E-state index contributed by atoms with van der Waals surface area (Å²) in [7, 11) is 0. The van der Waals surface area contributed by atoms with Crippen LogP contribution >= 0.6 is 23.1 Å². The number of benzene rings is 2. The number of aromatic nitrogens is 1. The predicted octanol–water partition coefficient (Wildman–Crippen LogP) is 7.60. The minimum Gasteiger partial charge on any atom is -0.507 e. The lowest BCUT2D eigenvalue weighted by atomic mass is 10.1. The highest BCUT2D eigenvalue weighted by Crippen LogP contribution is 2.32. The molecule has 0 amide bonds. The van der Waals surface area contributed by atoms with Gasteiger partial charge in [-0.15, -0.1) is 11.3 Å². The predicted molar refractivity (Wildman–Crippen MR) is 124 cm³/mol. The van der Waals surface area contributed by atoms with E-state index in [1.165, 1.54) is 44.9 Å². The van der Waals surface area contributed by atoms with Crippen LogP contribution in [0.15, 0.2) is 51.8 Å². The average molecular weight is 413 g/mol. The largest absolute Gasteiger partial charge is 0.507 e. The molecular weight excluding hydrogens is 384 g/mol. The van der Waals surface area contributed by atoms with Gasteiger partial charge in [0.15, 0.2) is 4.34 Å². The molecular formula is C23H28N2OS2. The summed E-state index contributed by atoms with van der Waals surface area (Å²) in [6, 6.07) is 13.3. The van der Waals surface area contributed by atoms with E-state index in [1.807, 2.05) is 42.1 Å². The van der Waals surface area contributed by atoms with E-state index in [1.54, 1.807) is 23.6 Å². The Balaban J connectivity index is 1.51. The number of hydrogen-bond acceptors (Lipinski definition) is 5. The third-order valence-electron chi connectivity index (χ3n) is 4.62. The summed E-state index contributed by atoms with van der Waals surface area (Å²) in [5.41, 5.74) is 2.63. The van der Waals surface area contributed by atoms with Gasteiger partial charge in [-0.3, -0.25) is 4.99 Å². The molecule has 3 rings (SSSR count). The van der Waals surface area contributed by atoms with Crippen LogP contribution in [0.5, 0.6) is 5.75 Å². The van der Waals surface area contributed by atoms with Gasteiger partial charge in [-0.25, -0.2) is 4.98 Å². The zero-order valence-corrected chi connectivity index (χ0v) is 18.1. The lowest BCUT2D eigenvalue weighted by molar-refractivity contribution is 0.474. The van der Waals surface area contributed by atoms with Gasteiger partial charge in [0.05, 0.1) is 15.9 Å². The Morgan fingerprint density at radius 2 is 1.82 bits per heavy atom. The van der Waals surface area contributed by atoms with Crippen LogP contribution in [0.1, 0.15) is 57.4 Å². The van der Waals surface area contributed by atoms with Crippen LogP contribution in [0, 0.1) is 0 Å². The molecule has 0 unspecified atom stereocenters. The molecule has 1 N–H and O–H groups in total. The highest BCUT2D eigenvalue weighted by molar-refractivity contribution is 8.01. The van der Waals surface area contributed by atoms with Crippen LogP contribution in [0.25, 0.3) is 10.2 Å². The summed E-state index contributed by atoms with van der Waals surface area (Å²) in [5, 5.41) is 9.84. The standard InChI is InChI=1S/C23H28N2OS2/c1-2-3-4-5-6-7-10-15-27-23-25-20-14-13-19(16-22(20)28-23)24-17-18-11-8-9-12-21(18)26/h8-9,11-14,16-17,26H,2-7,10,15H2,1H3. The Morgan fingerprint density at radius 1 is 1.04 bits per heavy atom. The highest BCUT2D eigenvalue weighted by atomic mass is 32.2. The first-order chi connectivity index (χ1) is 13.8. The van der Waals surface area contributed by atoms with Gasteiger partial charge < -0.3 is 5.11 Å². The van der Waals surface area contributed by atoms with E-state index >= 15 is 0 Å². The fraction of sp³-hybridized carbons (Fsp3) is 0.391. The van der Waals surface area contributed by atoms with Gasteiger partial charge in [-0.05, 0) is 36.8 Å². The van der Waals surface area contributed by atoms with Gasteiger partial charge in [0.1, 0.15) is 5.75 Å². The molecule has 0 aliphatic carbocycles. The number of aromatic hydroxyl groups is 1. The van der Waals surface area contributed by atoms with Crippen molar-refractivity contribution in [1.29, 1.82) is 0 Å². The molecule has 28 heavy (non-hydrogen) atoms. The van der Waals surface area contributed by atoms with Crippen molar-refractivity contribution in [3.8, 4) is 5.75 Å². The van der Waals surface area contributed by atoms with Crippen molar-refractivity contribution in [2.75, 3.05) is 5.75 Å². The Labute approximate surface area is 175 Å². The summed E-state index contributed by atoms with van der Waals surface area (Å²) < 4.78 is 2.30. The Bertz CT molecular complexity index is 905. The minimum absolute atomic E-state index is 0.245. The van der Waals surface area contributed by atoms with Crippen molar-refractivity contribution in [3.05, 3.63) is 48.0 Å². The molecule has 3 nitrogen and oxygen atoms in total. The van der Waals surface area contributed by atoms with E-state index in [2.05, 4.69) is 18.0 Å². The molecule has 0 aliphatic heterocycles. The maximum Gasteiger partial charge on any atom is 0.151 e. The van der Waals surface area contributed by atoms with Gasteiger partial charge in [-0.2, -0.15) is 0 Å². The monoisotopic (exact) mass is 412 g/mol. The van der Waals surface area contributed by atoms with E-state index in [-0.39, 0.29) is 5.75 Å². The smallest absolute Gasteiger partial charge is 0.151 e. The quantitative estimate of drug-likeness (QED) is 0.200. The van der Waals surface area contributed by atoms with Gasteiger partial charge in [-0.1, -0.05) is 69.3 Å². The Kier molecular flexibility index (Phi) is 8.37. The number of nitrogens with zero attached hydrogens (tertiary/aromatic N) is 2. The van der Waals surface area contributed by atoms with E-state index in [4.69, 9.17) is 4.98 Å². The lowest BCUT2D eigenvalue weighted by Crippen LogP contribution is -1.82. The number of unbranched alkanes of at least 4 members (excludes halogenated alkanes) is 6. The summed E-state index contributed by atoms with van der Waals surface area (Å²) in [6.45, 7) is 2.26. The van der Waals surface area contributed by atoms with Crippen LogP contribution in [0.2, 0.25) is 0 Å². The molecule has 0 fully saturated rings. The SMILES string of the molecule is CCCCCCCCCSc1nc2ccc(N=Cc3ccccc3O)cc2s1. The first-order valence-corrected chi connectivity index (χ1v) is 11.9. The van der Waals surface area contributed by atoms with Crippen molar-refractivity contribution in [3.63, 3.8) is 0 Å². The average Bonchev–Trinajstić information content (AvgIpc) is 3.11. The number of rotatable bonds is 11. The lowest BCUT2D eigenvalue weighted by Gasteiger charge is -2.00. The van der Waals surface area contributed by atoms with Crippen molar-refractivity contribution in [2.45, 2.75) is 56.2 Å². The van der Waals surface area contributed by atoms with Crippen LogP contribution in [0.4, 0.5) is 5.69 Å². The summed E-state index contributed by atoms with van der Waals surface area (Å²) in [6.07, 6.45) is 11.1. The fourth-order valence-electron chi connectivity index (χ4n) is 2.99. The third-order valence-corrected chi connectivity index (χ3v) is 6.86. The molecule has 0 radical (unpaired) electrons. The van der Waals surface area contributed by atoms with Crippen molar-refractivity contribution in [2.24, 2.45) is 4.99 Å². The molecule has 0 saturated carbocycles. The van der Waals surface area contributed by atoms with Gasteiger partial charge in [0.2, 0.25) is 0 Å². The molecule has 2 aromatic carbocycles. The first-order valence-electron chi connectivity index (χ1n) is 10.1. The van der Waals surface area contributed by atoms with Crippen molar-refractivity contribution >= 4 is 45.2 Å². The minimum atomic E-state index is 0.245. The molecule has 0 atom stereocenters. The molecule has 148 valence electrons. The zero-order valence-electron chi connectivity index (χ0n) is 16.4. The molecule has 3 aromatic rings. The zero-order chi connectivity index (χ0) is 19.6. The van der Waals surface area contributed by atoms with Crippen LogP contribution < -0.4 is 0 Å². The Hall–Kier alpha value is -1.85. The van der Waals surface area contributed by atoms with Gasteiger partial charge in [0.25, 0.3) is 0 Å². The molecule has 0 bridgehead atoms. The second-order valence-electron chi connectivity index (χ2n) is 6.92. The molecule has 0 saturated heterocycles. The summed E-state index contributed by atoms with van der Waals surface area (Å²) in [4.78, 5) is 9.24. The second kappa shape index (κ2) is 11.2. The number of phenolic OH excluding ortho intramolecular Hbond substituents is 1. The maximum absolute atomic E-state index is 9.84. The van der Waals surface area contributed by atoms with Crippen molar-refractivity contribution in [1.82, 2.24) is 4.98 Å². The Morgan fingerprint density at radius 3 is 2.64 bits per heavy atom. The highest BCUT2D eigenvalue weighted by Gasteiger charge is 2.05. The topological polar surface area (TPSA) is 45.5 Å². The van der Waals surface area contributed by atoms with Crippen LogP contribution in [0.3, 0.4) is 0 Å². The van der Waals surface area contributed by atoms with Crippen LogP contribution in [-0.2, 0) is 0 Å². The number of thiazole rings is 1. The molecule has 5 heteroatoms. The van der Waals surface area contributed by atoms with E-state index in [0.717, 1.165) is 31.6 Å². The number of aliphatic imine (C=N–C) groups is 1. The van der Waals surface area contributed by atoms with E-state index in [9.17, 15) is 5.11 Å². The van der Waals surface area contributed by atoms with Gasteiger partial charge >= 0.3 is 0 Å². The fourth-order valence-corrected chi connectivity index (χ4v) is 5.16. The number of para-hydroxylation sites is 1. The number of phenols is 1. The maximum atomic E-state index is 9.84. The normalized spacial score (nSPS) is 11.6. The molecule has 0 aliphatic rings. The van der Waals surface area contributed by atoms with Gasteiger partial charge in [0, 0.05) is 17.5 Å². The number of fused-ring (bicyclic) bond motifs is 1. The van der Waals surface area contributed by atoms with E-state index < -0.39 is 0 Å². The number of thioether (sulfide) groups is 1. The number of hydrogen-bond donors (Lipinski definition) is 1. The third kappa shape index (κ3) is 6.35. The van der Waals surface area contributed by atoms with Crippen molar-refractivity contribution < 1.29 is 5.11 Å². The molecule has 0 spiro atoms. The molecule has 1 aromatic heterocycles. The van der Waals surface area contributed by atoms with Crippen LogP contribution in [-0.4, -0.2) is 22.1 Å². The van der Waals surface area contributed by atoms with E-state index in [0.29, 0.717) is 0 Å².